The molecule has 1 rings (SSSR count). The summed E-state index contributed by atoms with van der Waals surface area (Å²) in [6, 6.07) is 0. The van der Waals surface area contributed by atoms with Gasteiger partial charge >= 0.3 is 0 Å². The molecule has 0 aliphatic heterocycles. The molecule has 2 nitrogen and oxygen atoms in total. The summed E-state index contributed by atoms with van der Waals surface area (Å²) in [6.45, 7) is 1.72. The fraction of sp³-hybridized carbons (Fsp3) is 1.00. The smallest absolute Gasteiger partial charge is 0.00746 e. The van der Waals surface area contributed by atoms with Crippen molar-refractivity contribution in [2.45, 2.75) is 38.5 Å². The lowest BCUT2D eigenvalue weighted by Gasteiger charge is -2.28. The molecule has 2 heteroatoms. The Hall–Kier alpha value is -0.0800. The largest absolute Gasteiger partial charge is 0.330 e. The first-order valence-corrected chi connectivity index (χ1v) is 5.27. The molecule has 2 atom stereocenters. The maximum atomic E-state index is 5.55. The van der Waals surface area contributed by atoms with E-state index in [2.05, 4.69) is 0 Å². The van der Waals surface area contributed by atoms with Crippen LogP contribution in [-0.4, -0.2) is 13.1 Å². The molecule has 1 fully saturated rings. The Balaban J connectivity index is 2.20. The third-order valence-corrected chi connectivity index (χ3v) is 3.04. The Labute approximate surface area is 75.7 Å². The maximum Gasteiger partial charge on any atom is -0.00746 e. The van der Waals surface area contributed by atoms with E-state index in [-0.39, 0.29) is 0 Å². The van der Waals surface area contributed by atoms with E-state index < -0.39 is 0 Å². The lowest BCUT2D eigenvalue weighted by Crippen LogP contribution is -2.20. The third-order valence-electron chi connectivity index (χ3n) is 3.04. The van der Waals surface area contributed by atoms with E-state index in [0.717, 1.165) is 24.9 Å². The van der Waals surface area contributed by atoms with Crippen molar-refractivity contribution < 1.29 is 0 Å². The van der Waals surface area contributed by atoms with Crippen molar-refractivity contribution in [2.24, 2.45) is 23.3 Å². The Morgan fingerprint density at radius 1 is 0.917 bits per heavy atom. The molecule has 1 saturated carbocycles. The predicted octanol–water partition coefficient (Wildman–Crippen LogP) is 1.49. The SMILES string of the molecule is NCC[C@@H]1CCC[C@H](CCN)C1. The summed E-state index contributed by atoms with van der Waals surface area (Å²) in [4.78, 5) is 0. The van der Waals surface area contributed by atoms with Gasteiger partial charge < -0.3 is 11.5 Å². The maximum absolute atomic E-state index is 5.55. The highest BCUT2D eigenvalue weighted by molar-refractivity contribution is 4.73. The zero-order valence-electron chi connectivity index (χ0n) is 7.97. The molecular formula is C10H22N2. The monoisotopic (exact) mass is 170 g/mol. The van der Waals surface area contributed by atoms with Crippen LogP contribution < -0.4 is 11.5 Å². The molecular weight excluding hydrogens is 148 g/mol. The van der Waals surface area contributed by atoms with E-state index in [9.17, 15) is 0 Å². The molecule has 0 radical (unpaired) electrons. The first-order valence-electron chi connectivity index (χ1n) is 5.27. The fourth-order valence-corrected chi connectivity index (χ4v) is 2.40. The summed E-state index contributed by atoms with van der Waals surface area (Å²) in [7, 11) is 0. The average Bonchev–Trinajstić information content (AvgIpc) is 2.06. The Morgan fingerprint density at radius 3 is 1.83 bits per heavy atom. The molecule has 0 bridgehead atoms. The normalized spacial score (nSPS) is 30.5. The van der Waals surface area contributed by atoms with Crippen molar-refractivity contribution >= 4 is 0 Å². The standard InChI is InChI=1S/C10H22N2/c11-6-4-9-2-1-3-10(8-9)5-7-12/h9-10H,1-8,11-12H2/t9-,10+. The van der Waals surface area contributed by atoms with E-state index >= 15 is 0 Å². The summed E-state index contributed by atoms with van der Waals surface area (Å²) < 4.78 is 0. The second-order valence-electron chi connectivity index (χ2n) is 4.05. The van der Waals surface area contributed by atoms with E-state index in [0.29, 0.717) is 0 Å². The van der Waals surface area contributed by atoms with Gasteiger partial charge in [-0.25, -0.2) is 0 Å². The number of hydrogen-bond donors (Lipinski definition) is 2. The summed E-state index contributed by atoms with van der Waals surface area (Å²) in [6.07, 6.45) is 8.03. The van der Waals surface area contributed by atoms with Crippen LogP contribution in [0.3, 0.4) is 0 Å². The van der Waals surface area contributed by atoms with Gasteiger partial charge in [0.15, 0.2) is 0 Å². The molecule has 0 heterocycles. The van der Waals surface area contributed by atoms with Crippen LogP contribution in [0.2, 0.25) is 0 Å². The Morgan fingerprint density at radius 2 is 1.42 bits per heavy atom. The minimum Gasteiger partial charge on any atom is -0.330 e. The van der Waals surface area contributed by atoms with Gasteiger partial charge in [-0.05, 0) is 44.2 Å². The van der Waals surface area contributed by atoms with Gasteiger partial charge in [0.05, 0.1) is 0 Å². The zero-order chi connectivity index (χ0) is 8.81. The number of rotatable bonds is 4. The summed E-state index contributed by atoms with van der Waals surface area (Å²) in [5, 5.41) is 0. The van der Waals surface area contributed by atoms with Gasteiger partial charge in [0.1, 0.15) is 0 Å². The third kappa shape index (κ3) is 3.11. The second-order valence-corrected chi connectivity index (χ2v) is 4.05. The molecule has 4 N–H and O–H groups in total. The van der Waals surface area contributed by atoms with Gasteiger partial charge in [-0.3, -0.25) is 0 Å². The Bertz CT molecular complexity index is 98.4. The molecule has 0 aromatic carbocycles. The fourth-order valence-electron chi connectivity index (χ4n) is 2.40. The summed E-state index contributed by atoms with van der Waals surface area (Å²) in [5.41, 5.74) is 11.1. The minimum atomic E-state index is 0.861. The lowest BCUT2D eigenvalue weighted by atomic mass is 9.78. The van der Waals surface area contributed by atoms with E-state index in [1.807, 2.05) is 0 Å². The van der Waals surface area contributed by atoms with Crippen molar-refractivity contribution in [3.05, 3.63) is 0 Å². The van der Waals surface area contributed by atoms with Gasteiger partial charge in [0.2, 0.25) is 0 Å². The van der Waals surface area contributed by atoms with Gasteiger partial charge in [-0.2, -0.15) is 0 Å². The van der Waals surface area contributed by atoms with Crippen molar-refractivity contribution in [1.29, 1.82) is 0 Å². The van der Waals surface area contributed by atoms with E-state index in [1.54, 1.807) is 0 Å². The minimum absolute atomic E-state index is 0.861. The lowest BCUT2D eigenvalue weighted by molar-refractivity contribution is 0.249. The molecule has 1 aliphatic rings. The molecule has 0 amide bonds. The predicted molar refractivity (Wildman–Crippen MR) is 52.8 cm³/mol. The topological polar surface area (TPSA) is 52.0 Å². The van der Waals surface area contributed by atoms with Crippen LogP contribution in [0.1, 0.15) is 38.5 Å². The van der Waals surface area contributed by atoms with Crippen LogP contribution >= 0.6 is 0 Å². The highest BCUT2D eigenvalue weighted by Gasteiger charge is 2.20. The van der Waals surface area contributed by atoms with Crippen LogP contribution in [0.4, 0.5) is 0 Å². The molecule has 0 aromatic heterocycles. The number of hydrogen-bond acceptors (Lipinski definition) is 2. The van der Waals surface area contributed by atoms with Crippen molar-refractivity contribution in [1.82, 2.24) is 0 Å². The molecule has 1 aliphatic carbocycles. The molecule has 72 valence electrons. The quantitative estimate of drug-likeness (QED) is 0.671. The van der Waals surface area contributed by atoms with E-state index in [1.165, 1.54) is 38.5 Å². The van der Waals surface area contributed by atoms with Crippen LogP contribution in [-0.2, 0) is 0 Å². The molecule has 0 spiro atoms. The first kappa shape index (κ1) is 10.0. The number of nitrogens with two attached hydrogens (primary N) is 2. The van der Waals surface area contributed by atoms with Crippen LogP contribution in [0, 0.1) is 11.8 Å². The van der Waals surface area contributed by atoms with Crippen molar-refractivity contribution in [3.8, 4) is 0 Å². The van der Waals surface area contributed by atoms with Gasteiger partial charge in [0.25, 0.3) is 0 Å². The summed E-state index contributed by atoms with van der Waals surface area (Å²) >= 11 is 0. The zero-order valence-corrected chi connectivity index (χ0v) is 7.97. The van der Waals surface area contributed by atoms with Gasteiger partial charge in [-0.1, -0.05) is 19.3 Å². The Kier molecular flexibility index (Phi) is 4.62. The second kappa shape index (κ2) is 5.55. The summed E-state index contributed by atoms with van der Waals surface area (Å²) in [5.74, 6) is 1.81. The van der Waals surface area contributed by atoms with Crippen molar-refractivity contribution in [2.75, 3.05) is 13.1 Å². The van der Waals surface area contributed by atoms with Crippen LogP contribution in [0.15, 0.2) is 0 Å². The molecule has 12 heavy (non-hydrogen) atoms. The average molecular weight is 170 g/mol. The molecule has 0 saturated heterocycles. The van der Waals surface area contributed by atoms with Crippen LogP contribution in [0.5, 0.6) is 0 Å². The van der Waals surface area contributed by atoms with E-state index in [4.69, 9.17) is 11.5 Å². The van der Waals surface area contributed by atoms with Crippen LogP contribution in [0.25, 0.3) is 0 Å². The highest BCUT2D eigenvalue weighted by Crippen LogP contribution is 2.32. The molecule has 0 unspecified atom stereocenters. The van der Waals surface area contributed by atoms with Crippen molar-refractivity contribution in [3.63, 3.8) is 0 Å². The first-order chi connectivity index (χ1) is 5.86. The van der Waals surface area contributed by atoms with Gasteiger partial charge in [-0.15, -0.1) is 0 Å². The highest BCUT2D eigenvalue weighted by atomic mass is 14.5. The van der Waals surface area contributed by atoms with Gasteiger partial charge in [0, 0.05) is 0 Å². The molecule has 0 aromatic rings.